The Balaban J connectivity index is 3.77. The standard InChI is InChI=1S/C14H30/c1-5-8-11-13(4)14(10-7-3)12-9-6-2/h13-14H,5-12H2,1-4H3. The smallest absolute Gasteiger partial charge is 0.0389 e. The summed E-state index contributed by atoms with van der Waals surface area (Å²) in [5.74, 6) is 1.97. The van der Waals surface area contributed by atoms with E-state index in [1.54, 1.807) is 0 Å². The van der Waals surface area contributed by atoms with Crippen molar-refractivity contribution < 1.29 is 0 Å². The molecule has 0 rings (SSSR count). The van der Waals surface area contributed by atoms with Gasteiger partial charge in [-0.1, -0.05) is 79.1 Å². The maximum absolute atomic E-state index is 2.46. The summed E-state index contributed by atoms with van der Waals surface area (Å²) in [5, 5.41) is 0. The van der Waals surface area contributed by atoms with Crippen molar-refractivity contribution in [2.45, 2.75) is 79.1 Å². The van der Waals surface area contributed by atoms with Gasteiger partial charge in [-0.25, -0.2) is 0 Å². The minimum atomic E-state index is 0.960. The topological polar surface area (TPSA) is 0 Å². The van der Waals surface area contributed by atoms with Gasteiger partial charge in [0.1, 0.15) is 0 Å². The zero-order valence-corrected chi connectivity index (χ0v) is 10.8. The zero-order chi connectivity index (χ0) is 10.8. The van der Waals surface area contributed by atoms with Crippen LogP contribution in [0.5, 0.6) is 0 Å². The van der Waals surface area contributed by atoms with Crippen LogP contribution in [0.4, 0.5) is 0 Å². The molecule has 0 amide bonds. The van der Waals surface area contributed by atoms with E-state index in [1.807, 2.05) is 0 Å². The summed E-state index contributed by atoms with van der Waals surface area (Å²) in [5.41, 5.74) is 0. The van der Waals surface area contributed by atoms with Gasteiger partial charge in [-0.05, 0) is 11.8 Å². The van der Waals surface area contributed by atoms with Crippen LogP contribution in [0.3, 0.4) is 0 Å². The third-order valence-electron chi connectivity index (χ3n) is 3.41. The largest absolute Gasteiger partial charge is 0.0654 e. The molecule has 0 heteroatoms. The van der Waals surface area contributed by atoms with E-state index in [0.717, 1.165) is 11.8 Å². The Morgan fingerprint density at radius 1 is 0.714 bits per heavy atom. The highest BCUT2D eigenvalue weighted by molar-refractivity contribution is 4.66. The van der Waals surface area contributed by atoms with Crippen molar-refractivity contribution in [3.63, 3.8) is 0 Å². The molecule has 0 fully saturated rings. The van der Waals surface area contributed by atoms with Crippen molar-refractivity contribution >= 4 is 0 Å². The first kappa shape index (κ1) is 14.0. The maximum Gasteiger partial charge on any atom is -0.0389 e. The number of unbranched alkanes of at least 4 members (excludes halogenated alkanes) is 2. The van der Waals surface area contributed by atoms with Crippen LogP contribution in [-0.4, -0.2) is 0 Å². The molecule has 2 unspecified atom stereocenters. The molecule has 0 nitrogen and oxygen atoms in total. The van der Waals surface area contributed by atoms with E-state index >= 15 is 0 Å². The van der Waals surface area contributed by atoms with Gasteiger partial charge in [0.15, 0.2) is 0 Å². The Labute approximate surface area is 91.5 Å². The summed E-state index contributed by atoms with van der Waals surface area (Å²) in [4.78, 5) is 0. The summed E-state index contributed by atoms with van der Waals surface area (Å²) in [7, 11) is 0. The molecular formula is C14H30. The lowest BCUT2D eigenvalue weighted by Gasteiger charge is -2.23. The molecule has 0 saturated carbocycles. The second kappa shape index (κ2) is 9.55. The fourth-order valence-corrected chi connectivity index (χ4v) is 2.31. The van der Waals surface area contributed by atoms with Crippen molar-refractivity contribution in [2.75, 3.05) is 0 Å². The van der Waals surface area contributed by atoms with Crippen molar-refractivity contribution in [2.24, 2.45) is 11.8 Å². The van der Waals surface area contributed by atoms with Crippen LogP contribution in [0, 0.1) is 11.8 Å². The van der Waals surface area contributed by atoms with Crippen molar-refractivity contribution in [3.05, 3.63) is 0 Å². The quantitative estimate of drug-likeness (QED) is 0.464. The lowest BCUT2D eigenvalue weighted by molar-refractivity contribution is 0.285. The summed E-state index contributed by atoms with van der Waals surface area (Å²) in [6.07, 6.45) is 11.3. The van der Waals surface area contributed by atoms with Gasteiger partial charge in [0, 0.05) is 0 Å². The zero-order valence-electron chi connectivity index (χ0n) is 10.8. The highest BCUT2D eigenvalue weighted by Crippen LogP contribution is 2.27. The van der Waals surface area contributed by atoms with Crippen molar-refractivity contribution in [1.29, 1.82) is 0 Å². The normalized spacial score (nSPS) is 15.4. The molecule has 0 N–H and O–H groups in total. The van der Waals surface area contributed by atoms with Gasteiger partial charge < -0.3 is 0 Å². The molecule has 0 bridgehead atoms. The van der Waals surface area contributed by atoms with E-state index < -0.39 is 0 Å². The second-order valence-corrected chi connectivity index (χ2v) is 4.81. The van der Waals surface area contributed by atoms with Gasteiger partial charge in [0.25, 0.3) is 0 Å². The predicted octanol–water partition coefficient (Wildman–Crippen LogP) is 5.42. The average molecular weight is 198 g/mol. The molecule has 0 aromatic heterocycles. The molecule has 0 spiro atoms. The molecule has 0 heterocycles. The third kappa shape index (κ3) is 6.45. The van der Waals surface area contributed by atoms with Gasteiger partial charge in [0.2, 0.25) is 0 Å². The molecule has 0 saturated heterocycles. The maximum atomic E-state index is 2.46. The van der Waals surface area contributed by atoms with E-state index in [4.69, 9.17) is 0 Å². The van der Waals surface area contributed by atoms with Crippen molar-refractivity contribution in [1.82, 2.24) is 0 Å². The van der Waals surface area contributed by atoms with Crippen LogP contribution in [0.15, 0.2) is 0 Å². The van der Waals surface area contributed by atoms with E-state index in [9.17, 15) is 0 Å². The predicted molar refractivity (Wildman–Crippen MR) is 66.6 cm³/mol. The lowest BCUT2D eigenvalue weighted by atomic mass is 9.83. The highest BCUT2D eigenvalue weighted by Gasteiger charge is 2.14. The van der Waals surface area contributed by atoms with Crippen LogP contribution in [0.1, 0.15) is 79.1 Å². The highest BCUT2D eigenvalue weighted by atomic mass is 14.2. The lowest BCUT2D eigenvalue weighted by Crippen LogP contribution is -2.11. The van der Waals surface area contributed by atoms with E-state index in [0.29, 0.717) is 0 Å². The van der Waals surface area contributed by atoms with E-state index in [-0.39, 0.29) is 0 Å². The molecule has 0 aromatic carbocycles. The van der Waals surface area contributed by atoms with Crippen LogP contribution >= 0.6 is 0 Å². The summed E-state index contributed by atoms with van der Waals surface area (Å²) >= 11 is 0. The molecule has 86 valence electrons. The number of hydrogen-bond acceptors (Lipinski definition) is 0. The molecule has 2 atom stereocenters. The Morgan fingerprint density at radius 3 is 1.79 bits per heavy atom. The summed E-state index contributed by atoms with van der Waals surface area (Å²) in [6.45, 7) is 9.39. The first-order valence-corrected chi connectivity index (χ1v) is 6.76. The monoisotopic (exact) mass is 198 g/mol. The van der Waals surface area contributed by atoms with Crippen molar-refractivity contribution in [3.8, 4) is 0 Å². The number of hydrogen-bond donors (Lipinski definition) is 0. The molecule has 0 aliphatic rings. The minimum Gasteiger partial charge on any atom is -0.0654 e. The first-order chi connectivity index (χ1) is 6.76. The van der Waals surface area contributed by atoms with Gasteiger partial charge >= 0.3 is 0 Å². The van der Waals surface area contributed by atoms with E-state index in [2.05, 4.69) is 27.7 Å². The minimum absolute atomic E-state index is 0.960. The third-order valence-corrected chi connectivity index (χ3v) is 3.41. The molecule has 0 aromatic rings. The molecule has 14 heavy (non-hydrogen) atoms. The van der Waals surface area contributed by atoms with Crippen LogP contribution in [0.2, 0.25) is 0 Å². The van der Waals surface area contributed by atoms with Gasteiger partial charge in [0.05, 0.1) is 0 Å². The fraction of sp³-hybridized carbons (Fsp3) is 1.00. The Morgan fingerprint density at radius 2 is 1.29 bits per heavy atom. The van der Waals surface area contributed by atoms with Crippen LogP contribution < -0.4 is 0 Å². The Kier molecular flexibility index (Phi) is 9.55. The first-order valence-electron chi connectivity index (χ1n) is 6.76. The van der Waals surface area contributed by atoms with Crippen LogP contribution in [-0.2, 0) is 0 Å². The molecule has 0 aliphatic carbocycles. The molecule has 0 radical (unpaired) electrons. The Bertz CT molecular complexity index is 107. The average Bonchev–Trinajstić information content (AvgIpc) is 2.20. The number of rotatable bonds is 9. The van der Waals surface area contributed by atoms with Crippen LogP contribution in [0.25, 0.3) is 0 Å². The summed E-state index contributed by atoms with van der Waals surface area (Å²) < 4.78 is 0. The van der Waals surface area contributed by atoms with Gasteiger partial charge in [-0.15, -0.1) is 0 Å². The molecular weight excluding hydrogens is 168 g/mol. The second-order valence-electron chi connectivity index (χ2n) is 4.81. The van der Waals surface area contributed by atoms with Gasteiger partial charge in [-0.3, -0.25) is 0 Å². The van der Waals surface area contributed by atoms with Gasteiger partial charge in [-0.2, -0.15) is 0 Å². The Hall–Kier alpha value is 0. The molecule has 0 aliphatic heterocycles. The van der Waals surface area contributed by atoms with E-state index in [1.165, 1.54) is 51.4 Å². The fourth-order valence-electron chi connectivity index (χ4n) is 2.31. The summed E-state index contributed by atoms with van der Waals surface area (Å²) in [6, 6.07) is 0. The SMILES string of the molecule is CCCCC(C)C(CCC)CCCC.